The van der Waals surface area contributed by atoms with E-state index in [1.54, 1.807) is 19.5 Å². The third-order valence-electron chi connectivity index (χ3n) is 6.15. The molecule has 34 heavy (non-hydrogen) atoms. The third kappa shape index (κ3) is 4.44. The Labute approximate surface area is 200 Å². The summed E-state index contributed by atoms with van der Waals surface area (Å²) >= 11 is 0. The van der Waals surface area contributed by atoms with Crippen LogP contribution in [-0.2, 0) is 16.0 Å². The largest absolute Gasteiger partial charge is 0.497 e. The minimum absolute atomic E-state index is 0.292. The number of ether oxygens (including phenoxy) is 1. The highest BCUT2D eigenvalue weighted by molar-refractivity contribution is 6.45. The lowest BCUT2D eigenvalue weighted by Crippen LogP contribution is -2.36. The van der Waals surface area contributed by atoms with E-state index in [4.69, 9.17) is 4.74 Å². The molecule has 0 unspecified atom stereocenters. The number of aromatic nitrogens is 1. The van der Waals surface area contributed by atoms with Gasteiger partial charge in [0.2, 0.25) is 0 Å². The molecule has 2 amide bonds. The van der Waals surface area contributed by atoms with Gasteiger partial charge in [-0.15, -0.1) is 0 Å². The van der Waals surface area contributed by atoms with E-state index in [2.05, 4.69) is 4.98 Å². The summed E-state index contributed by atoms with van der Waals surface area (Å²) in [4.78, 5) is 35.0. The van der Waals surface area contributed by atoms with Gasteiger partial charge in [-0.25, -0.2) is 4.90 Å². The topological polar surface area (TPSA) is 62.7 Å². The molecule has 1 aliphatic heterocycles. The van der Waals surface area contributed by atoms with E-state index in [0.29, 0.717) is 41.4 Å². The summed E-state index contributed by atoms with van der Waals surface area (Å²) in [5.74, 6) is 0.0952. The van der Waals surface area contributed by atoms with Crippen LogP contribution in [0, 0.1) is 13.8 Å². The van der Waals surface area contributed by atoms with E-state index in [1.807, 2.05) is 80.3 Å². The first-order valence-electron chi connectivity index (χ1n) is 11.4. The van der Waals surface area contributed by atoms with Gasteiger partial charge in [-0.2, -0.15) is 0 Å². The van der Waals surface area contributed by atoms with E-state index in [9.17, 15) is 9.59 Å². The van der Waals surface area contributed by atoms with Crippen molar-refractivity contribution in [3.63, 3.8) is 0 Å². The summed E-state index contributed by atoms with van der Waals surface area (Å²) in [5.41, 5.74) is 5.27. The summed E-state index contributed by atoms with van der Waals surface area (Å²) in [6.45, 7) is 7.13. The number of rotatable bonds is 8. The van der Waals surface area contributed by atoms with Gasteiger partial charge in [0.25, 0.3) is 11.8 Å². The van der Waals surface area contributed by atoms with Crippen LogP contribution in [-0.4, -0.2) is 41.9 Å². The first-order valence-corrected chi connectivity index (χ1v) is 11.4. The fourth-order valence-electron chi connectivity index (χ4n) is 4.35. The predicted octanol–water partition coefficient (Wildman–Crippen LogP) is 4.56. The van der Waals surface area contributed by atoms with Crippen molar-refractivity contribution in [2.45, 2.75) is 27.2 Å². The zero-order valence-electron chi connectivity index (χ0n) is 20.0. The summed E-state index contributed by atoms with van der Waals surface area (Å²) in [5, 5.41) is 0. The zero-order valence-corrected chi connectivity index (χ0v) is 20.0. The van der Waals surface area contributed by atoms with Crippen LogP contribution >= 0.6 is 0 Å². The third-order valence-corrected chi connectivity index (χ3v) is 6.15. The molecule has 6 heteroatoms. The molecule has 174 valence electrons. The molecule has 0 saturated heterocycles. The molecule has 2 aromatic carbocycles. The molecule has 0 bridgehead atoms. The van der Waals surface area contributed by atoms with E-state index in [0.717, 1.165) is 23.1 Å². The maximum Gasteiger partial charge on any atom is 0.282 e. The number of hydrogen-bond acceptors (Lipinski definition) is 5. The number of pyridine rings is 1. The molecule has 0 fully saturated rings. The van der Waals surface area contributed by atoms with Gasteiger partial charge >= 0.3 is 0 Å². The van der Waals surface area contributed by atoms with Gasteiger partial charge in [-0.1, -0.05) is 29.8 Å². The minimum Gasteiger partial charge on any atom is -0.497 e. The van der Waals surface area contributed by atoms with Crippen LogP contribution in [0.5, 0.6) is 5.75 Å². The highest BCUT2D eigenvalue weighted by Crippen LogP contribution is 2.36. The Kier molecular flexibility index (Phi) is 6.77. The SMILES string of the molecule is CCN(CCc1ccncc1)C1=C(c2ccc(OC)cc2)C(=O)N(c2ccc(C)cc2C)C1=O. The van der Waals surface area contributed by atoms with E-state index in [1.165, 1.54) is 4.90 Å². The number of aryl methyl sites for hydroxylation is 2. The maximum atomic E-state index is 13.8. The van der Waals surface area contributed by atoms with E-state index >= 15 is 0 Å². The van der Waals surface area contributed by atoms with Gasteiger partial charge in [-0.3, -0.25) is 14.6 Å². The Balaban J connectivity index is 1.78. The second kappa shape index (κ2) is 9.91. The highest BCUT2D eigenvalue weighted by Gasteiger charge is 2.42. The van der Waals surface area contributed by atoms with Crippen molar-refractivity contribution in [3.8, 4) is 5.75 Å². The van der Waals surface area contributed by atoms with Crippen LogP contribution in [0.4, 0.5) is 5.69 Å². The van der Waals surface area contributed by atoms with Crippen molar-refractivity contribution in [2.24, 2.45) is 0 Å². The lowest BCUT2D eigenvalue weighted by atomic mass is 10.0. The molecule has 0 saturated carbocycles. The number of nitrogens with zero attached hydrogens (tertiary/aromatic N) is 3. The molecular formula is C28H29N3O3. The van der Waals surface area contributed by atoms with Gasteiger partial charge in [0.15, 0.2) is 0 Å². The van der Waals surface area contributed by atoms with Crippen LogP contribution in [0.3, 0.4) is 0 Å². The molecule has 2 heterocycles. The molecule has 1 aliphatic rings. The Hall–Kier alpha value is -3.93. The number of anilines is 1. The van der Waals surface area contributed by atoms with Crippen molar-refractivity contribution >= 4 is 23.1 Å². The number of methoxy groups -OCH3 is 1. The zero-order chi connectivity index (χ0) is 24.2. The summed E-state index contributed by atoms with van der Waals surface area (Å²) in [6, 6.07) is 17.0. The summed E-state index contributed by atoms with van der Waals surface area (Å²) in [6.07, 6.45) is 4.26. The molecular weight excluding hydrogens is 426 g/mol. The van der Waals surface area contributed by atoms with Crippen LogP contribution in [0.2, 0.25) is 0 Å². The minimum atomic E-state index is -0.306. The first kappa shape index (κ1) is 23.2. The summed E-state index contributed by atoms with van der Waals surface area (Å²) in [7, 11) is 1.60. The second-order valence-electron chi connectivity index (χ2n) is 8.37. The van der Waals surface area contributed by atoms with Crippen molar-refractivity contribution < 1.29 is 14.3 Å². The lowest BCUT2D eigenvalue weighted by Gasteiger charge is -2.25. The van der Waals surface area contributed by atoms with Crippen molar-refractivity contribution in [1.82, 2.24) is 9.88 Å². The average molecular weight is 456 g/mol. The number of carbonyl (C=O) groups excluding carboxylic acids is 2. The standard InChI is InChI=1S/C28H29N3O3/c1-5-30(17-14-21-12-15-29-16-13-21)26-25(22-7-9-23(34-4)10-8-22)27(32)31(28(26)33)24-11-6-19(2)18-20(24)3/h6-13,15-16,18H,5,14,17H2,1-4H3. The molecule has 6 nitrogen and oxygen atoms in total. The number of likely N-dealkylation sites (N-methyl/N-ethyl adjacent to an activating group) is 1. The fourth-order valence-corrected chi connectivity index (χ4v) is 4.35. The van der Waals surface area contributed by atoms with Crippen LogP contribution < -0.4 is 9.64 Å². The Morgan fingerprint density at radius 1 is 0.941 bits per heavy atom. The van der Waals surface area contributed by atoms with E-state index < -0.39 is 0 Å². The Morgan fingerprint density at radius 2 is 1.65 bits per heavy atom. The van der Waals surface area contributed by atoms with Gasteiger partial charge in [0.05, 0.1) is 18.4 Å². The lowest BCUT2D eigenvalue weighted by molar-refractivity contribution is -0.120. The Morgan fingerprint density at radius 3 is 2.26 bits per heavy atom. The second-order valence-corrected chi connectivity index (χ2v) is 8.37. The number of carbonyl (C=O) groups is 2. The monoisotopic (exact) mass is 455 g/mol. The number of amides is 2. The quantitative estimate of drug-likeness (QED) is 0.466. The molecule has 1 aromatic heterocycles. The fraction of sp³-hybridized carbons (Fsp3) is 0.250. The highest BCUT2D eigenvalue weighted by atomic mass is 16.5. The first-order chi connectivity index (χ1) is 16.4. The van der Waals surface area contributed by atoms with Crippen molar-refractivity contribution in [1.29, 1.82) is 0 Å². The van der Waals surface area contributed by atoms with Crippen molar-refractivity contribution in [2.75, 3.05) is 25.1 Å². The van der Waals surface area contributed by atoms with Crippen LogP contribution in [0.25, 0.3) is 5.57 Å². The van der Waals surface area contributed by atoms with Gasteiger partial charge in [-0.05, 0) is 74.2 Å². The average Bonchev–Trinajstić information content (AvgIpc) is 3.10. The number of benzene rings is 2. The number of hydrogen-bond donors (Lipinski definition) is 0. The Bertz CT molecular complexity index is 1230. The van der Waals surface area contributed by atoms with E-state index in [-0.39, 0.29) is 11.8 Å². The van der Waals surface area contributed by atoms with Gasteiger partial charge in [0.1, 0.15) is 11.4 Å². The van der Waals surface area contributed by atoms with Gasteiger partial charge in [0, 0.05) is 25.5 Å². The van der Waals surface area contributed by atoms with Crippen LogP contribution in [0.1, 0.15) is 29.2 Å². The van der Waals surface area contributed by atoms with Crippen molar-refractivity contribution in [3.05, 3.63) is 94.9 Å². The maximum absolute atomic E-state index is 13.8. The molecule has 0 N–H and O–H groups in total. The molecule has 0 spiro atoms. The molecule has 0 aliphatic carbocycles. The molecule has 0 radical (unpaired) electrons. The molecule has 0 atom stereocenters. The number of imide groups is 1. The van der Waals surface area contributed by atoms with Crippen LogP contribution in [0.15, 0.2) is 72.7 Å². The molecule has 4 rings (SSSR count). The predicted molar refractivity (Wildman–Crippen MR) is 134 cm³/mol. The summed E-state index contributed by atoms with van der Waals surface area (Å²) < 4.78 is 5.29. The smallest absolute Gasteiger partial charge is 0.282 e. The normalized spacial score (nSPS) is 13.6. The molecule has 3 aromatic rings. The van der Waals surface area contributed by atoms with Gasteiger partial charge < -0.3 is 9.64 Å².